The van der Waals surface area contributed by atoms with Crippen molar-refractivity contribution in [3.8, 4) is 5.75 Å². The van der Waals surface area contributed by atoms with Crippen molar-refractivity contribution in [3.63, 3.8) is 0 Å². The van der Waals surface area contributed by atoms with E-state index < -0.39 is 11.4 Å². The van der Waals surface area contributed by atoms with Gasteiger partial charge in [0.25, 0.3) is 5.91 Å². The molecule has 2 aromatic carbocycles. The van der Waals surface area contributed by atoms with Crippen LogP contribution in [0.4, 0.5) is 4.39 Å². The van der Waals surface area contributed by atoms with Crippen LogP contribution in [0.15, 0.2) is 48.5 Å². The van der Waals surface area contributed by atoms with E-state index in [2.05, 4.69) is 0 Å². The van der Waals surface area contributed by atoms with E-state index >= 15 is 0 Å². The molecule has 0 spiro atoms. The fraction of sp³-hybridized carbons (Fsp3) is 0.333. The summed E-state index contributed by atoms with van der Waals surface area (Å²) < 4.78 is 18.6. The average molecular weight is 406 g/mol. The highest BCUT2D eigenvalue weighted by molar-refractivity contribution is 6.30. The molecule has 1 N–H and O–H groups in total. The molecule has 0 bridgehead atoms. The predicted octanol–water partition coefficient (Wildman–Crippen LogP) is 3.79. The van der Waals surface area contributed by atoms with Gasteiger partial charge in [0.05, 0.1) is 5.41 Å². The summed E-state index contributed by atoms with van der Waals surface area (Å²) in [5.74, 6) is -0.878. The van der Waals surface area contributed by atoms with E-state index in [9.17, 15) is 19.1 Å². The molecule has 0 aliphatic carbocycles. The summed E-state index contributed by atoms with van der Waals surface area (Å²) in [6, 6.07) is 12.6. The first-order chi connectivity index (χ1) is 13.4. The first kappa shape index (κ1) is 20.1. The number of likely N-dealkylation sites (tertiary alicyclic amines) is 1. The van der Waals surface area contributed by atoms with Crippen molar-refractivity contribution in [2.75, 3.05) is 19.7 Å². The minimum absolute atomic E-state index is 0.111. The van der Waals surface area contributed by atoms with E-state index in [0.29, 0.717) is 43.1 Å². The Labute approximate surface area is 167 Å². The molecule has 1 heterocycles. The highest BCUT2D eigenvalue weighted by Crippen LogP contribution is 2.35. The molecule has 0 aromatic heterocycles. The fourth-order valence-electron chi connectivity index (χ4n) is 3.41. The van der Waals surface area contributed by atoms with Crippen molar-refractivity contribution in [2.24, 2.45) is 5.41 Å². The maximum Gasteiger partial charge on any atom is 0.310 e. The summed E-state index contributed by atoms with van der Waals surface area (Å²) in [7, 11) is 0. The lowest BCUT2D eigenvalue weighted by molar-refractivity contribution is -0.154. The summed E-state index contributed by atoms with van der Waals surface area (Å²) in [5.41, 5.74) is -0.180. The third kappa shape index (κ3) is 4.81. The third-order valence-electron chi connectivity index (χ3n) is 5.16. The molecule has 0 saturated carbocycles. The zero-order chi connectivity index (χ0) is 20.1. The van der Waals surface area contributed by atoms with Crippen LogP contribution in [0.2, 0.25) is 5.02 Å². The monoisotopic (exact) mass is 405 g/mol. The molecule has 3 rings (SSSR count). The number of nitrogens with zero attached hydrogens (tertiary/aromatic N) is 1. The standard InChI is InChI=1S/C21H21ClFNO4/c22-16-3-7-18(8-4-16)28-14-19(25)24-11-9-21(10-12-24,20(26)27)13-15-1-5-17(23)6-2-15/h1-8H,9-14H2,(H,26,27). The van der Waals surface area contributed by atoms with Crippen LogP contribution in [0.3, 0.4) is 0 Å². The summed E-state index contributed by atoms with van der Waals surface area (Å²) in [6.07, 6.45) is 0.991. The van der Waals surface area contributed by atoms with E-state index in [0.717, 1.165) is 5.56 Å². The molecule has 0 atom stereocenters. The number of hydrogen-bond donors (Lipinski definition) is 1. The van der Waals surface area contributed by atoms with Crippen LogP contribution in [-0.4, -0.2) is 41.6 Å². The minimum Gasteiger partial charge on any atom is -0.484 e. The van der Waals surface area contributed by atoms with Gasteiger partial charge in [0.2, 0.25) is 0 Å². The number of benzene rings is 2. The number of carboxylic acids is 1. The van der Waals surface area contributed by atoms with Gasteiger partial charge in [-0.05, 0) is 61.2 Å². The molecule has 2 aromatic rings. The number of amides is 1. The van der Waals surface area contributed by atoms with Gasteiger partial charge in [0, 0.05) is 18.1 Å². The smallest absolute Gasteiger partial charge is 0.310 e. The van der Waals surface area contributed by atoms with Gasteiger partial charge < -0.3 is 14.7 Å². The number of carbonyl (C=O) groups is 2. The Bertz CT molecular complexity index is 830. The van der Waals surface area contributed by atoms with Crippen molar-refractivity contribution in [3.05, 3.63) is 64.9 Å². The SMILES string of the molecule is O=C(COc1ccc(Cl)cc1)N1CCC(Cc2ccc(F)cc2)(C(=O)O)CC1. The van der Waals surface area contributed by atoms with Crippen molar-refractivity contribution >= 4 is 23.5 Å². The molecule has 1 aliphatic rings. The summed E-state index contributed by atoms with van der Waals surface area (Å²) in [6.45, 7) is 0.576. The summed E-state index contributed by atoms with van der Waals surface area (Å²) in [4.78, 5) is 26.0. The van der Waals surface area contributed by atoms with E-state index in [4.69, 9.17) is 16.3 Å². The number of piperidine rings is 1. The molecule has 7 heteroatoms. The van der Waals surface area contributed by atoms with Crippen molar-refractivity contribution < 1.29 is 23.8 Å². The van der Waals surface area contributed by atoms with Crippen LogP contribution in [0, 0.1) is 11.2 Å². The highest BCUT2D eigenvalue weighted by atomic mass is 35.5. The van der Waals surface area contributed by atoms with Gasteiger partial charge in [-0.15, -0.1) is 0 Å². The molecule has 148 valence electrons. The molecule has 1 fully saturated rings. The molecule has 1 saturated heterocycles. The normalized spacial score (nSPS) is 15.9. The van der Waals surface area contributed by atoms with Gasteiger partial charge in [0.15, 0.2) is 6.61 Å². The molecule has 0 radical (unpaired) electrons. The van der Waals surface area contributed by atoms with Gasteiger partial charge in [-0.2, -0.15) is 0 Å². The fourth-order valence-corrected chi connectivity index (χ4v) is 3.54. The molecular formula is C21H21ClFNO4. The molecule has 1 amide bonds. The van der Waals surface area contributed by atoms with Crippen molar-refractivity contribution in [1.29, 1.82) is 0 Å². The van der Waals surface area contributed by atoms with Crippen LogP contribution >= 0.6 is 11.6 Å². The third-order valence-corrected chi connectivity index (χ3v) is 5.41. The lowest BCUT2D eigenvalue weighted by Gasteiger charge is -2.39. The van der Waals surface area contributed by atoms with Gasteiger partial charge in [-0.3, -0.25) is 9.59 Å². The molecule has 28 heavy (non-hydrogen) atoms. The van der Waals surface area contributed by atoms with E-state index in [1.54, 1.807) is 41.3 Å². The van der Waals surface area contributed by atoms with Crippen molar-refractivity contribution in [1.82, 2.24) is 4.90 Å². The number of carbonyl (C=O) groups excluding carboxylic acids is 1. The Morgan fingerprint density at radius 1 is 1.07 bits per heavy atom. The molecular weight excluding hydrogens is 385 g/mol. The quantitative estimate of drug-likeness (QED) is 0.793. The van der Waals surface area contributed by atoms with Gasteiger partial charge in [0.1, 0.15) is 11.6 Å². The van der Waals surface area contributed by atoms with Gasteiger partial charge >= 0.3 is 5.97 Å². The Morgan fingerprint density at radius 3 is 2.25 bits per heavy atom. The number of rotatable bonds is 6. The molecule has 0 unspecified atom stereocenters. The Morgan fingerprint density at radius 2 is 1.68 bits per heavy atom. The maximum atomic E-state index is 13.1. The average Bonchev–Trinajstić information content (AvgIpc) is 2.69. The largest absolute Gasteiger partial charge is 0.484 e. The first-order valence-corrected chi connectivity index (χ1v) is 9.40. The van der Waals surface area contributed by atoms with Crippen LogP contribution < -0.4 is 4.74 Å². The minimum atomic E-state index is -0.953. The second kappa shape index (κ2) is 8.61. The predicted molar refractivity (Wildman–Crippen MR) is 103 cm³/mol. The zero-order valence-electron chi connectivity index (χ0n) is 15.2. The Balaban J connectivity index is 1.57. The van der Waals surface area contributed by atoms with E-state index in [1.165, 1.54) is 12.1 Å². The zero-order valence-corrected chi connectivity index (χ0v) is 16.0. The lowest BCUT2D eigenvalue weighted by Crippen LogP contribution is -2.48. The number of halogens is 2. The van der Waals surface area contributed by atoms with E-state index in [1.807, 2.05) is 0 Å². The lowest BCUT2D eigenvalue weighted by atomic mass is 9.74. The van der Waals surface area contributed by atoms with Gasteiger partial charge in [-0.1, -0.05) is 23.7 Å². The van der Waals surface area contributed by atoms with Crippen molar-refractivity contribution in [2.45, 2.75) is 19.3 Å². The van der Waals surface area contributed by atoms with E-state index in [-0.39, 0.29) is 18.3 Å². The molecule has 1 aliphatic heterocycles. The summed E-state index contributed by atoms with van der Waals surface area (Å²) >= 11 is 5.82. The summed E-state index contributed by atoms with van der Waals surface area (Å²) in [5, 5.41) is 10.4. The Hall–Kier alpha value is -2.60. The van der Waals surface area contributed by atoms with Crippen LogP contribution in [0.25, 0.3) is 0 Å². The number of aliphatic carboxylic acids is 1. The topological polar surface area (TPSA) is 66.8 Å². The Kier molecular flexibility index (Phi) is 6.19. The highest BCUT2D eigenvalue weighted by Gasteiger charge is 2.42. The molecule has 5 nitrogen and oxygen atoms in total. The second-order valence-corrected chi connectivity index (χ2v) is 7.45. The first-order valence-electron chi connectivity index (χ1n) is 9.02. The van der Waals surface area contributed by atoms with Crippen LogP contribution in [-0.2, 0) is 16.0 Å². The number of carboxylic acid groups (broad SMARTS) is 1. The number of ether oxygens (including phenoxy) is 1. The van der Waals surface area contributed by atoms with Crippen LogP contribution in [0.1, 0.15) is 18.4 Å². The maximum absolute atomic E-state index is 13.1. The van der Waals surface area contributed by atoms with Crippen LogP contribution in [0.5, 0.6) is 5.75 Å². The second-order valence-electron chi connectivity index (χ2n) is 7.01. The number of hydrogen-bond acceptors (Lipinski definition) is 3. The van der Waals surface area contributed by atoms with Gasteiger partial charge in [-0.25, -0.2) is 4.39 Å².